The molecular weight excluding hydrogens is 264 g/mol. The molecule has 0 unspecified atom stereocenters. The highest BCUT2D eigenvalue weighted by Crippen LogP contribution is 2.14. The van der Waals surface area contributed by atoms with Crippen LogP contribution < -0.4 is 5.32 Å². The molecule has 2 aromatic rings. The van der Waals surface area contributed by atoms with Crippen molar-refractivity contribution in [2.75, 3.05) is 0 Å². The minimum atomic E-state index is 0.450. The first-order valence-electron chi connectivity index (χ1n) is 7.78. The molecule has 0 saturated carbocycles. The first kappa shape index (κ1) is 15.7. The van der Waals surface area contributed by atoms with Crippen LogP contribution >= 0.6 is 0 Å². The van der Waals surface area contributed by atoms with Crippen molar-refractivity contribution in [3.05, 3.63) is 29.8 Å². The van der Waals surface area contributed by atoms with Crippen molar-refractivity contribution in [3.63, 3.8) is 0 Å². The zero-order valence-corrected chi connectivity index (χ0v) is 13.5. The second kappa shape index (κ2) is 7.36. The van der Waals surface area contributed by atoms with Crippen LogP contribution in [-0.2, 0) is 13.1 Å². The number of nitrogens with one attached hydrogen (secondary N) is 1. The van der Waals surface area contributed by atoms with Crippen LogP contribution in [0.3, 0.4) is 0 Å². The molecule has 0 aliphatic rings. The molecule has 0 saturated heterocycles. The molecule has 21 heavy (non-hydrogen) atoms. The molecule has 0 spiro atoms. The van der Waals surface area contributed by atoms with Gasteiger partial charge in [0, 0.05) is 18.8 Å². The lowest BCUT2D eigenvalue weighted by Crippen LogP contribution is -2.21. The number of hydrogen-bond donors (Lipinski definition) is 1. The van der Waals surface area contributed by atoms with Gasteiger partial charge in [-0.15, -0.1) is 5.10 Å². The van der Waals surface area contributed by atoms with Gasteiger partial charge in [-0.3, -0.25) is 4.68 Å². The van der Waals surface area contributed by atoms with E-state index < -0.39 is 0 Å². The van der Waals surface area contributed by atoms with Crippen LogP contribution in [-0.4, -0.2) is 30.8 Å². The summed E-state index contributed by atoms with van der Waals surface area (Å²) in [6.45, 7) is 10.0. The van der Waals surface area contributed by atoms with E-state index in [9.17, 15) is 0 Å². The molecule has 2 heterocycles. The molecular formula is C15H26N6. The van der Waals surface area contributed by atoms with Gasteiger partial charge in [-0.05, 0) is 18.9 Å². The van der Waals surface area contributed by atoms with Crippen LogP contribution in [0.1, 0.15) is 58.0 Å². The number of nitrogens with zero attached hydrogens (tertiary/aromatic N) is 5. The van der Waals surface area contributed by atoms with E-state index in [1.807, 2.05) is 10.9 Å². The van der Waals surface area contributed by atoms with Gasteiger partial charge in [0.1, 0.15) is 0 Å². The largest absolute Gasteiger partial charge is 0.309 e. The predicted molar refractivity (Wildman–Crippen MR) is 82.9 cm³/mol. The maximum absolute atomic E-state index is 4.64. The minimum Gasteiger partial charge on any atom is -0.309 e. The van der Waals surface area contributed by atoms with Crippen LogP contribution in [0, 0.1) is 0 Å². The van der Waals surface area contributed by atoms with Crippen LogP contribution in [0.15, 0.2) is 18.5 Å². The average molecular weight is 290 g/mol. The van der Waals surface area contributed by atoms with Crippen molar-refractivity contribution in [1.29, 1.82) is 0 Å². The Morgan fingerprint density at radius 2 is 1.95 bits per heavy atom. The SMILES string of the molecule is CCC(CC)n1ccc(Cn2cc(CNC(C)C)nn2)n1. The number of aromatic nitrogens is 5. The Kier molecular flexibility index (Phi) is 5.50. The summed E-state index contributed by atoms with van der Waals surface area (Å²) in [5.41, 5.74) is 1.98. The third-order valence-corrected chi connectivity index (χ3v) is 3.58. The van der Waals surface area contributed by atoms with E-state index in [4.69, 9.17) is 0 Å². The van der Waals surface area contributed by atoms with Crippen molar-refractivity contribution in [1.82, 2.24) is 30.1 Å². The summed E-state index contributed by atoms with van der Waals surface area (Å²) in [7, 11) is 0. The summed E-state index contributed by atoms with van der Waals surface area (Å²) >= 11 is 0. The second-order valence-corrected chi connectivity index (χ2v) is 5.70. The summed E-state index contributed by atoms with van der Waals surface area (Å²) in [6.07, 6.45) is 6.24. The van der Waals surface area contributed by atoms with Gasteiger partial charge < -0.3 is 5.32 Å². The third kappa shape index (κ3) is 4.39. The first-order chi connectivity index (χ1) is 10.1. The maximum Gasteiger partial charge on any atom is 0.0965 e. The fraction of sp³-hybridized carbons (Fsp3) is 0.667. The molecule has 0 fully saturated rings. The Labute approximate surface area is 126 Å². The summed E-state index contributed by atoms with van der Waals surface area (Å²) in [5, 5.41) is 16.3. The quantitative estimate of drug-likeness (QED) is 0.811. The summed E-state index contributed by atoms with van der Waals surface area (Å²) in [6, 6.07) is 3.00. The zero-order chi connectivity index (χ0) is 15.2. The van der Waals surface area contributed by atoms with E-state index in [1.165, 1.54) is 0 Å². The van der Waals surface area contributed by atoms with Crippen molar-refractivity contribution < 1.29 is 0 Å². The fourth-order valence-corrected chi connectivity index (χ4v) is 2.30. The van der Waals surface area contributed by atoms with Crippen molar-refractivity contribution in [3.8, 4) is 0 Å². The first-order valence-corrected chi connectivity index (χ1v) is 7.78. The van der Waals surface area contributed by atoms with Crippen LogP contribution in [0.5, 0.6) is 0 Å². The maximum atomic E-state index is 4.64. The fourth-order valence-electron chi connectivity index (χ4n) is 2.30. The van der Waals surface area contributed by atoms with E-state index in [1.54, 1.807) is 0 Å². The molecule has 0 aliphatic carbocycles. The normalized spacial score (nSPS) is 11.7. The van der Waals surface area contributed by atoms with E-state index in [2.05, 4.69) is 65.4 Å². The lowest BCUT2D eigenvalue weighted by Gasteiger charge is -2.12. The summed E-state index contributed by atoms with van der Waals surface area (Å²) in [4.78, 5) is 0. The Morgan fingerprint density at radius 1 is 1.19 bits per heavy atom. The van der Waals surface area contributed by atoms with Gasteiger partial charge in [-0.1, -0.05) is 32.9 Å². The average Bonchev–Trinajstić information content (AvgIpc) is 3.08. The lowest BCUT2D eigenvalue weighted by atomic mass is 10.2. The van der Waals surface area contributed by atoms with Crippen molar-refractivity contribution in [2.24, 2.45) is 0 Å². The van der Waals surface area contributed by atoms with Crippen molar-refractivity contribution >= 4 is 0 Å². The molecule has 0 bridgehead atoms. The monoisotopic (exact) mass is 290 g/mol. The topological polar surface area (TPSA) is 60.6 Å². The van der Waals surface area contributed by atoms with Crippen molar-refractivity contribution in [2.45, 2.75) is 65.7 Å². The summed E-state index contributed by atoms with van der Waals surface area (Å²) < 4.78 is 3.91. The van der Waals surface area contributed by atoms with Gasteiger partial charge in [0.2, 0.25) is 0 Å². The Balaban J connectivity index is 1.95. The molecule has 1 N–H and O–H groups in total. The highest BCUT2D eigenvalue weighted by molar-refractivity contribution is 5.02. The minimum absolute atomic E-state index is 0.450. The Bertz CT molecular complexity index is 538. The molecule has 6 heteroatoms. The van der Waals surface area contributed by atoms with E-state index in [0.29, 0.717) is 18.6 Å². The molecule has 2 aromatic heterocycles. The van der Waals surface area contributed by atoms with E-state index in [-0.39, 0.29) is 0 Å². The molecule has 0 aliphatic heterocycles. The molecule has 2 rings (SSSR count). The molecule has 6 nitrogen and oxygen atoms in total. The lowest BCUT2D eigenvalue weighted by molar-refractivity contribution is 0.423. The highest BCUT2D eigenvalue weighted by atomic mass is 15.4. The Morgan fingerprint density at radius 3 is 2.62 bits per heavy atom. The predicted octanol–water partition coefficient (Wildman–Crippen LogP) is 2.38. The molecule has 0 atom stereocenters. The van der Waals surface area contributed by atoms with Gasteiger partial charge in [0.05, 0.1) is 30.2 Å². The second-order valence-electron chi connectivity index (χ2n) is 5.70. The molecule has 0 radical (unpaired) electrons. The van der Waals surface area contributed by atoms with Gasteiger partial charge in [0.25, 0.3) is 0 Å². The third-order valence-electron chi connectivity index (χ3n) is 3.58. The molecule has 0 aromatic carbocycles. The molecule has 0 amide bonds. The Hall–Kier alpha value is -1.69. The zero-order valence-electron chi connectivity index (χ0n) is 13.5. The number of hydrogen-bond acceptors (Lipinski definition) is 4. The van der Waals surface area contributed by atoms with Gasteiger partial charge >= 0.3 is 0 Å². The number of rotatable bonds is 8. The van der Waals surface area contributed by atoms with Gasteiger partial charge in [0.15, 0.2) is 0 Å². The summed E-state index contributed by atoms with van der Waals surface area (Å²) in [5.74, 6) is 0. The smallest absolute Gasteiger partial charge is 0.0965 e. The molecule has 116 valence electrons. The standard InChI is InChI=1S/C15H26N6/c1-5-15(6-2)21-8-7-13(18-21)10-20-11-14(17-19-20)9-16-12(3)4/h7-8,11-12,15-16H,5-6,9-10H2,1-4H3. The van der Waals surface area contributed by atoms with Gasteiger partial charge in [-0.25, -0.2) is 4.68 Å². The van der Waals surface area contributed by atoms with Crippen LogP contribution in [0.2, 0.25) is 0 Å². The van der Waals surface area contributed by atoms with Crippen LogP contribution in [0.25, 0.3) is 0 Å². The van der Waals surface area contributed by atoms with Gasteiger partial charge in [-0.2, -0.15) is 5.10 Å². The van der Waals surface area contributed by atoms with E-state index >= 15 is 0 Å². The van der Waals surface area contributed by atoms with Crippen LogP contribution in [0.4, 0.5) is 0 Å². The van der Waals surface area contributed by atoms with E-state index in [0.717, 1.165) is 30.8 Å². The highest BCUT2D eigenvalue weighted by Gasteiger charge is 2.09.